The molecule has 0 spiro atoms. The molecule has 0 aromatic carbocycles. The molecule has 0 saturated heterocycles. The van der Waals surface area contributed by atoms with Crippen molar-refractivity contribution in [1.29, 1.82) is 0 Å². The normalized spacial score (nSPS) is 8.50. The monoisotopic (exact) mass is 225 g/mol. The third-order valence-electron chi connectivity index (χ3n) is 1.21. The summed E-state index contributed by atoms with van der Waals surface area (Å²) < 4.78 is 0. The van der Waals surface area contributed by atoms with Gasteiger partial charge in [-0.3, -0.25) is 0 Å². The maximum atomic E-state index is 5.14. The molecule has 62 valence electrons. The number of nitrogens with one attached hydrogen (secondary N) is 1. The van der Waals surface area contributed by atoms with Crippen LogP contribution in [0.5, 0.6) is 0 Å². The number of halogens is 1. The van der Waals surface area contributed by atoms with Crippen molar-refractivity contribution in [3.8, 4) is 11.8 Å². The first kappa shape index (κ1) is 9.04. The Labute approximate surface area is 79.5 Å². The molecule has 0 aliphatic rings. The Kier molecular flexibility index (Phi) is 3.58. The lowest BCUT2D eigenvalue weighted by atomic mass is 10.3. The molecular weight excluding hydrogens is 218 g/mol. The summed E-state index contributed by atoms with van der Waals surface area (Å²) in [5.41, 5.74) is 3.32. The largest absolute Gasteiger partial charge is 0.308 e. The van der Waals surface area contributed by atoms with Gasteiger partial charge in [-0.05, 0) is 12.1 Å². The molecule has 0 atom stereocenters. The molecule has 0 fully saturated rings. The summed E-state index contributed by atoms with van der Waals surface area (Å²) in [4.78, 5) is 4.00. The van der Waals surface area contributed by atoms with Crippen LogP contribution in [0.4, 0.5) is 5.82 Å². The van der Waals surface area contributed by atoms with Gasteiger partial charge in [-0.25, -0.2) is 10.8 Å². The molecule has 0 radical (unpaired) electrons. The van der Waals surface area contributed by atoms with E-state index in [1.165, 1.54) is 0 Å². The number of pyridine rings is 1. The third-order valence-corrected chi connectivity index (χ3v) is 1.49. The van der Waals surface area contributed by atoms with Crippen LogP contribution in [-0.2, 0) is 0 Å². The number of anilines is 1. The van der Waals surface area contributed by atoms with Crippen LogP contribution >= 0.6 is 15.9 Å². The highest BCUT2D eigenvalue weighted by molar-refractivity contribution is 9.09. The van der Waals surface area contributed by atoms with Gasteiger partial charge in [0, 0.05) is 11.8 Å². The van der Waals surface area contributed by atoms with Crippen LogP contribution < -0.4 is 11.3 Å². The zero-order valence-corrected chi connectivity index (χ0v) is 7.93. The Hall–Kier alpha value is -1.05. The molecule has 0 amide bonds. The van der Waals surface area contributed by atoms with E-state index in [0.29, 0.717) is 11.1 Å². The predicted molar refractivity (Wildman–Crippen MR) is 52.7 cm³/mol. The van der Waals surface area contributed by atoms with Crippen LogP contribution in [0.1, 0.15) is 5.56 Å². The Balaban J connectivity index is 2.78. The van der Waals surface area contributed by atoms with Crippen LogP contribution in [0, 0.1) is 11.8 Å². The van der Waals surface area contributed by atoms with E-state index in [0.717, 1.165) is 5.56 Å². The van der Waals surface area contributed by atoms with Gasteiger partial charge in [0.15, 0.2) is 0 Å². The lowest BCUT2D eigenvalue weighted by Gasteiger charge is -1.96. The second-order valence-electron chi connectivity index (χ2n) is 2.01. The van der Waals surface area contributed by atoms with Crippen LogP contribution in [-0.4, -0.2) is 10.3 Å². The summed E-state index contributed by atoms with van der Waals surface area (Å²) in [5.74, 6) is 11.6. The zero-order chi connectivity index (χ0) is 8.81. The van der Waals surface area contributed by atoms with Crippen LogP contribution in [0.2, 0.25) is 0 Å². The molecule has 1 heterocycles. The van der Waals surface area contributed by atoms with Crippen molar-refractivity contribution in [1.82, 2.24) is 4.98 Å². The van der Waals surface area contributed by atoms with E-state index in [2.05, 4.69) is 38.2 Å². The van der Waals surface area contributed by atoms with Gasteiger partial charge in [0.25, 0.3) is 0 Å². The van der Waals surface area contributed by atoms with Crippen molar-refractivity contribution in [2.45, 2.75) is 0 Å². The van der Waals surface area contributed by atoms with Crippen molar-refractivity contribution >= 4 is 21.7 Å². The summed E-state index contributed by atoms with van der Waals surface area (Å²) >= 11 is 3.21. The first-order valence-electron chi connectivity index (χ1n) is 3.34. The minimum absolute atomic E-state index is 0.638. The average Bonchev–Trinajstić information content (AvgIpc) is 2.15. The van der Waals surface area contributed by atoms with E-state index in [4.69, 9.17) is 5.84 Å². The van der Waals surface area contributed by atoms with E-state index in [1.54, 1.807) is 12.3 Å². The number of hydrogen-bond acceptors (Lipinski definition) is 3. The van der Waals surface area contributed by atoms with Crippen molar-refractivity contribution in [3.05, 3.63) is 23.9 Å². The van der Waals surface area contributed by atoms with Crippen molar-refractivity contribution < 1.29 is 0 Å². The number of nitrogen functional groups attached to an aromatic ring is 1. The molecule has 0 unspecified atom stereocenters. The zero-order valence-electron chi connectivity index (χ0n) is 6.34. The number of hydrazine groups is 1. The number of alkyl halides is 1. The Morgan fingerprint density at radius 2 is 2.42 bits per heavy atom. The maximum Gasteiger partial charge on any atom is 0.139 e. The lowest BCUT2D eigenvalue weighted by molar-refractivity contribution is 1.22. The average molecular weight is 226 g/mol. The Morgan fingerprint density at radius 3 is 2.92 bits per heavy atom. The van der Waals surface area contributed by atoms with E-state index >= 15 is 0 Å². The standard InChI is InChI=1S/C8H8BrN3/c9-5-1-2-7-3-4-8(12-10)11-6-7/h3-4,6H,5,10H2,(H,11,12). The SMILES string of the molecule is NNc1ccc(C#CCBr)cn1. The molecular formula is C8H8BrN3. The van der Waals surface area contributed by atoms with Crippen molar-refractivity contribution in [3.63, 3.8) is 0 Å². The van der Waals surface area contributed by atoms with Gasteiger partial charge in [0.1, 0.15) is 5.82 Å². The van der Waals surface area contributed by atoms with Gasteiger partial charge >= 0.3 is 0 Å². The summed E-state index contributed by atoms with van der Waals surface area (Å²) in [6.07, 6.45) is 1.67. The Morgan fingerprint density at radius 1 is 1.58 bits per heavy atom. The predicted octanol–water partition coefficient (Wildman–Crippen LogP) is 1.11. The summed E-state index contributed by atoms with van der Waals surface area (Å²) in [5, 5.41) is 0.671. The fourth-order valence-electron chi connectivity index (χ4n) is 0.689. The highest BCUT2D eigenvalue weighted by atomic mass is 79.9. The second kappa shape index (κ2) is 4.75. The lowest BCUT2D eigenvalue weighted by Crippen LogP contribution is -2.07. The van der Waals surface area contributed by atoms with Crippen molar-refractivity contribution in [2.75, 3.05) is 10.8 Å². The molecule has 3 nitrogen and oxygen atoms in total. The van der Waals surface area contributed by atoms with Gasteiger partial charge in [0.05, 0.1) is 5.33 Å². The molecule has 12 heavy (non-hydrogen) atoms. The van der Waals surface area contributed by atoms with Crippen LogP contribution in [0.3, 0.4) is 0 Å². The molecule has 0 aliphatic heterocycles. The fourth-order valence-corrected chi connectivity index (χ4v) is 0.829. The highest BCUT2D eigenvalue weighted by Crippen LogP contribution is 2.01. The number of hydrogen-bond donors (Lipinski definition) is 2. The highest BCUT2D eigenvalue weighted by Gasteiger charge is 1.88. The Bertz CT molecular complexity index is 296. The smallest absolute Gasteiger partial charge is 0.139 e. The third kappa shape index (κ3) is 2.53. The van der Waals surface area contributed by atoms with E-state index < -0.39 is 0 Å². The fraction of sp³-hybridized carbons (Fsp3) is 0.125. The van der Waals surface area contributed by atoms with Crippen molar-refractivity contribution in [2.24, 2.45) is 5.84 Å². The van der Waals surface area contributed by atoms with Gasteiger partial charge in [-0.15, -0.1) is 0 Å². The minimum Gasteiger partial charge on any atom is -0.308 e. The molecule has 0 saturated carbocycles. The van der Waals surface area contributed by atoms with Gasteiger partial charge in [-0.2, -0.15) is 0 Å². The van der Waals surface area contributed by atoms with Gasteiger partial charge < -0.3 is 5.43 Å². The number of rotatable bonds is 1. The first-order valence-corrected chi connectivity index (χ1v) is 4.46. The number of aromatic nitrogens is 1. The number of nitrogens with two attached hydrogens (primary N) is 1. The molecule has 4 heteroatoms. The van der Waals surface area contributed by atoms with E-state index in [1.807, 2.05) is 6.07 Å². The summed E-state index contributed by atoms with van der Waals surface area (Å²) in [6.45, 7) is 0. The van der Waals surface area contributed by atoms with Gasteiger partial charge in [0.2, 0.25) is 0 Å². The second-order valence-corrected chi connectivity index (χ2v) is 2.57. The van der Waals surface area contributed by atoms with E-state index in [-0.39, 0.29) is 0 Å². The molecule has 1 aromatic heterocycles. The molecule has 0 aliphatic carbocycles. The van der Waals surface area contributed by atoms with Crippen LogP contribution in [0.15, 0.2) is 18.3 Å². The maximum absolute atomic E-state index is 5.14. The molecule has 1 aromatic rings. The van der Waals surface area contributed by atoms with E-state index in [9.17, 15) is 0 Å². The minimum atomic E-state index is 0.638. The first-order chi connectivity index (χ1) is 5.86. The molecule has 1 rings (SSSR count). The van der Waals surface area contributed by atoms with Crippen LogP contribution in [0.25, 0.3) is 0 Å². The quantitative estimate of drug-likeness (QED) is 0.326. The van der Waals surface area contributed by atoms with Gasteiger partial charge in [-0.1, -0.05) is 27.8 Å². The summed E-state index contributed by atoms with van der Waals surface area (Å²) in [7, 11) is 0. The molecule has 3 N–H and O–H groups in total. The number of nitrogens with zero attached hydrogens (tertiary/aromatic N) is 1. The topological polar surface area (TPSA) is 50.9 Å². The summed E-state index contributed by atoms with van der Waals surface area (Å²) in [6, 6.07) is 3.64. The molecule has 0 bridgehead atoms.